The lowest BCUT2D eigenvalue weighted by Crippen LogP contribution is -2.10. The molecule has 0 radical (unpaired) electrons. The van der Waals surface area contributed by atoms with E-state index in [1.165, 1.54) is 6.07 Å². The van der Waals surface area contributed by atoms with Crippen LogP contribution in [0.4, 0.5) is 13.2 Å². The van der Waals surface area contributed by atoms with Gasteiger partial charge < -0.3 is 4.74 Å². The van der Waals surface area contributed by atoms with Gasteiger partial charge in [-0.1, -0.05) is 25.5 Å². The third-order valence-corrected chi connectivity index (χ3v) is 4.95. The predicted octanol–water partition coefficient (Wildman–Crippen LogP) is 6.39. The fourth-order valence-corrected chi connectivity index (χ4v) is 3.55. The van der Waals surface area contributed by atoms with Crippen molar-refractivity contribution in [1.82, 2.24) is 4.98 Å². The number of benzene rings is 2. The van der Waals surface area contributed by atoms with Gasteiger partial charge in [0.15, 0.2) is 0 Å². The number of nitrogens with zero attached hydrogens (tertiary/aromatic N) is 1. The molecule has 28 heavy (non-hydrogen) atoms. The quantitative estimate of drug-likeness (QED) is 0.469. The van der Waals surface area contributed by atoms with Crippen molar-refractivity contribution in [2.75, 3.05) is 7.11 Å². The van der Waals surface area contributed by atoms with Gasteiger partial charge in [0.1, 0.15) is 5.75 Å². The molecule has 0 fully saturated rings. The number of pyridine rings is 1. The first-order valence-corrected chi connectivity index (χ1v) is 9.53. The first-order chi connectivity index (χ1) is 13.4. The van der Waals surface area contributed by atoms with Crippen molar-refractivity contribution in [2.24, 2.45) is 0 Å². The van der Waals surface area contributed by atoms with Gasteiger partial charge in [-0.05, 0) is 72.7 Å². The maximum Gasteiger partial charge on any atom is 0.416 e. The van der Waals surface area contributed by atoms with Gasteiger partial charge in [-0.2, -0.15) is 13.2 Å². The van der Waals surface area contributed by atoms with Crippen LogP contribution >= 0.6 is 0 Å². The molecule has 0 aliphatic heterocycles. The number of hydrogen-bond acceptors (Lipinski definition) is 2. The van der Waals surface area contributed by atoms with Gasteiger partial charge in [0.2, 0.25) is 0 Å². The third-order valence-electron chi connectivity index (χ3n) is 4.95. The molecule has 0 bridgehead atoms. The molecule has 3 aromatic rings. The normalized spacial score (nSPS) is 11.8. The van der Waals surface area contributed by atoms with E-state index in [1.54, 1.807) is 19.4 Å². The summed E-state index contributed by atoms with van der Waals surface area (Å²) in [5.74, 6) is 0.743. The van der Waals surface area contributed by atoms with E-state index in [9.17, 15) is 13.2 Å². The zero-order chi connectivity index (χ0) is 20.1. The number of rotatable bonds is 7. The fourth-order valence-electron chi connectivity index (χ4n) is 3.55. The highest BCUT2D eigenvalue weighted by Gasteiger charge is 2.33. The zero-order valence-electron chi connectivity index (χ0n) is 16.1. The number of hydrogen-bond donors (Lipinski definition) is 0. The second-order valence-corrected chi connectivity index (χ2v) is 6.95. The molecule has 5 heteroatoms. The Morgan fingerprint density at radius 2 is 1.71 bits per heavy atom. The number of fused-ring (bicyclic) bond motifs is 1. The van der Waals surface area contributed by atoms with Gasteiger partial charge in [-0.3, -0.25) is 4.98 Å². The van der Waals surface area contributed by atoms with E-state index in [2.05, 4.69) is 4.98 Å². The Bertz CT molecular complexity index is 950. The van der Waals surface area contributed by atoms with Crippen LogP contribution in [0.3, 0.4) is 0 Å². The van der Waals surface area contributed by atoms with Gasteiger partial charge in [0.25, 0.3) is 0 Å². The Morgan fingerprint density at radius 1 is 0.929 bits per heavy atom. The van der Waals surface area contributed by atoms with E-state index in [0.29, 0.717) is 31.2 Å². The van der Waals surface area contributed by atoms with E-state index in [-0.39, 0.29) is 0 Å². The number of aryl methyl sites for hydroxylation is 3. The molecule has 0 aliphatic carbocycles. The largest absolute Gasteiger partial charge is 0.497 e. The fraction of sp³-hybridized carbons (Fsp3) is 0.348. The summed E-state index contributed by atoms with van der Waals surface area (Å²) in [5.41, 5.74) is 2.53. The van der Waals surface area contributed by atoms with Crippen LogP contribution in [0.2, 0.25) is 0 Å². The second kappa shape index (κ2) is 8.63. The lowest BCUT2D eigenvalue weighted by molar-refractivity contribution is -0.138. The molecule has 3 rings (SSSR count). The van der Waals surface area contributed by atoms with Gasteiger partial charge in [-0.15, -0.1) is 0 Å². The van der Waals surface area contributed by atoms with Crippen LogP contribution < -0.4 is 4.74 Å². The van der Waals surface area contributed by atoms with E-state index in [4.69, 9.17) is 4.74 Å². The minimum atomic E-state index is -4.32. The number of aromatic nitrogens is 1. The summed E-state index contributed by atoms with van der Waals surface area (Å²) in [7, 11) is 1.61. The summed E-state index contributed by atoms with van der Waals surface area (Å²) in [6.45, 7) is 1.97. The van der Waals surface area contributed by atoms with Crippen molar-refractivity contribution in [3.63, 3.8) is 0 Å². The van der Waals surface area contributed by atoms with Crippen LogP contribution in [0.25, 0.3) is 10.9 Å². The van der Waals surface area contributed by atoms with E-state index in [0.717, 1.165) is 34.2 Å². The Morgan fingerprint density at radius 3 is 2.43 bits per heavy atom. The Hall–Kier alpha value is -2.56. The van der Waals surface area contributed by atoms with Crippen molar-refractivity contribution in [1.29, 1.82) is 0 Å². The molecule has 0 atom stereocenters. The molecule has 0 N–H and O–H groups in total. The summed E-state index contributed by atoms with van der Waals surface area (Å²) in [6, 6.07) is 12.4. The van der Waals surface area contributed by atoms with Crippen LogP contribution in [0.15, 0.2) is 48.7 Å². The van der Waals surface area contributed by atoms with Crippen molar-refractivity contribution in [2.45, 2.75) is 45.2 Å². The lowest BCUT2D eigenvalue weighted by Gasteiger charge is -2.15. The SMILES string of the molecule is CCCc1ccc(CCCc2ccnc3ccc(OC)cc23)c(C(F)(F)F)c1. The summed E-state index contributed by atoms with van der Waals surface area (Å²) in [6.07, 6.45) is 0.603. The predicted molar refractivity (Wildman–Crippen MR) is 106 cm³/mol. The van der Waals surface area contributed by atoms with Crippen molar-refractivity contribution < 1.29 is 17.9 Å². The summed E-state index contributed by atoms with van der Waals surface area (Å²) >= 11 is 0. The Labute approximate surface area is 163 Å². The standard InChI is InChI=1S/C23H24F3NO/c1-3-5-16-8-9-18(21(14-16)23(24,25)26)7-4-6-17-12-13-27-22-11-10-19(28-2)15-20(17)22/h8-15H,3-7H2,1-2H3. The van der Waals surface area contributed by atoms with Gasteiger partial charge in [-0.25, -0.2) is 0 Å². The zero-order valence-corrected chi connectivity index (χ0v) is 16.1. The van der Waals surface area contributed by atoms with Gasteiger partial charge in [0, 0.05) is 11.6 Å². The maximum absolute atomic E-state index is 13.5. The van der Waals surface area contributed by atoms with E-state index < -0.39 is 11.7 Å². The number of alkyl halides is 3. The molecule has 148 valence electrons. The molecule has 1 heterocycles. The first kappa shape index (κ1) is 20.2. The summed E-state index contributed by atoms with van der Waals surface area (Å²) < 4.78 is 45.7. The number of methoxy groups -OCH3 is 1. The highest BCUT2D eigenvalue weighted by Crippen LogP contribution is 2.34. The Kier molecular flexibility index (Phi) is 6.22. The third kappa shape index (κ3) is 4.64. The van der Waals surface area contributed by atoms with Crippen LogP contribution in [-0.4, -0.2) is 12.1 Å². The minimum absolute atomic E-state index is 0.364. The van der Waals surface area contributed by atoms with Gasteiger partial charge >= 0.3 is 6.18 Å². The van der Waals surface area contributed by atoms with Crippen LogP contribution in [0.1, 0.15) is 42.0 Å². The number of ether oxygens (including phenoxy) is 1. The average molecular weight is 387 g/mol. The van der Waals surface area contributed by atoms with Crippen molar-refractivity contribution in [3.8, 4) is 5.75 Å². The molecule has 2 aromatic carbocycles. The smallest absolute Gasteiger partial charge is 0.416 e. The highest BCUT2D eigenvalue weighted by atomic mass is 19.4. The minimum Gasteiger partial charge on any atom is -0.497 e. The van der Waals surface area contributed by atoms with Crippen LogP contribution in [0, 0.1) is 0 Å². The summed E-state index contributed by atoms with van der Waals surface area (Å²) in [5, 5.41) is 0.983. The topological polar surface area (TPSA) is 22.1 Å². The first-order valence-electron chi connectivity index (χ1n) is 9.53. The van der Waals surface area contributed by atoms with Gasteiger partial charge in [0.05, 0.1) is 18.2 Å². The second-order valence-electron chi connectivity index (χ2n) is 6.95. The monoisotopic (exact) mass is 387 g/mol. The van der Waals surface area contributed by atoms with Crippen LogP contribution in [-0.2, 0) is 25.4 Å². The molecule has 0 aliphatic rings. The number of halogens is 3. The van der Waals surface area contributed by atoms with Crippen LogP contribution in [0.5, 0.6) is 5.75 Å². The summed E-state index contributed by atoms with van der Waals surface area (Å²) in [4.78, 5) is 4.35. The maximum atomic E-state index is 13.5. The molecular formula is C23H24F3NO. The Balaban J connectivity index is 1.79. The molecule has 2 nitrogen and oxygen atoms in total. The highest BCUT2D eigenvalue weighted by molar-refractivity contribution is 5.83. The molecular weight excluding hydrogens is 363 g/mol. The molecule has 0 saturated heterocycles. The van der Waals surface area contributed by atoms with E-state index in [1.807, 2.05) is 37.3 Å². The lowest BCUT2D eigenvalue weighted by atomic mass is 9.95. The molecule has 1 aromatic heterocycles. The van der Waals surface area contributed by atoms with Crippen molar-refractivity contribution >= 4 is 10.9 Å². The molecule has 0 spiro atoms. The van der Waals surface area contributed by atoms with Crippen molar-refractivity contribution in [3.05, 3.63) is 70.9 Å². The molecule has 0 amide bonds. The van der Waals surface area contributed by atoms with E-state index >= 15 is 0 Å². The molecule has 0 unspecified atom stereocenters. The molecule has 0 saturated carbocycles. The average Bonchev–Trinajstić information content (AvgIpc) is 2.68.